The molecule has 29 heavy (non-hydrogen) atoms. The molecule has 2 fully saturated rings. The molecule has 1 heterocycles. The second kappa shape index (κ2) is 8.53. The molecule has 6 atom stereocenters. The van der Waals surface area contributed by atoms with Crippen molar-refractivity contribution in [1.29, 1.82) is 0 Å². The first kappa shape index (κ1) is 21.3. The lowest BCUT2D eigenvalue weighted by Gasteiger charge is -2.29. The number of carbonyl (C=O) groups excluding carboxylic acids is 3. The van der Waals surface area contributed by atoms with Gasteiger partial charge < -0.3 is 19.3 Å². The molecule has 1 aliphatic heterocycles. The predicted molar refractivity (Wildman–Crippen MR) is 103 cm³/mol. The van der Waals surface area contributed by atoms with E-state index < -0.39 is 36.0 Å². The van der Waals surface area contributed by atoms with E-state index in [-0.39, 0.29) is 36.5 Å². The van der Waals surface area contributed by atoms with Gasteiger partial charge in [0.25, 0.3) is 0 Å². The smallest absolute Gasteiger partial charge is 0.337 e. The molecule has 0 aromatic rings. The second-order valence-electron chi connectivity index (χ2n) is 8.01. The van der Waals surface area contributed by atoms with Crippen molar-refractivity contribution in [2.45, 2.75) is 45.8 Å². The highest BCUT2D eigenvalue weighted by atomic mass is 16.6. The Morgan fingerprint density at radius 1 is 1.38 bits per heavy atom. The van der Waals surface area contributed by atoms with Gasteiger partial charge in [-0.05, 0) is 38.5 Å². The third-order valence-corrected chi connectivity index (χ3v) is 6.39. The average Bonchev–Trinajstić information content (AvgIpc) is 3.14. The quantitative estimate of drug-likeness (QED) is 0.324. The van der Waals surface area contributed by atoms with Crippen LogP contribution < -0.4 is 0 Å². The number of fused-ring (bicyclic) bond motifs is 3. The van der Waals surface area contributed by atoms with E-state index in [0.29, 0.717) is 12.0 Å². The van der Waals surface area contributed by atoms with Crippen molar-refractivity contribution in [2.75, 3.05) is 13.2 Å². The van der Waals surface area contributed by atoms with Gasteiger partial charge in [-0.1, -0.05) is 24.3 Å². The molecular formula is C22H28O7. The fourth-order valence-corrected chi connectivity index (χ4v) is 4.87. The molecule has 7 nitrogen and oxygen atoms in total. The maximum absolute atomic E-state index is 12.7. The Kier molecular flexibility index (Phi) is 6.27. The van der Waals surface area contributed by atoms with Crippen molar-refractivity contribution in [2.24, 2.45) is 23.7 Å². The largest absolute Gasteiger partial charge is 0.461 e. The Labute approximate surface area is 170 Å². The summed E-state index contributed by atoms with van der Waals surface area (Å²) in [5, 5.41) is 10.0. The SMILES string of the molecule is C=C1C(=O)O[C@@H]2[C@H]3C(C)=CC[C@H]3[C@H](CO)C[C@@H](OC(=O)/C(=C/C)COC(C)=O)[C@@H]12. The Hall–Kier alpha value is -2.41. The molecule has 1 N–H and O–H groups in total. The molecule has 0 aromatic carbocycles. The molecule has 3 aliphatic rings. The van der Waals surface area contributed by atoms with Gasteiger partial charge in [0, 0.05) is 25.0 Å². The summed E-state index contributed by atoms with van der Waals surface area (Å²) < 4.78 is 16.4. The highest BCUT2D eigenvalue weighted by Crippen LogP contribution is 2.51. The topological polar surface area (TPSA) is 99.1 Å². The van der Waals surface area contributed by atoms with Gasteiger partial charge in [-0.25, -0.2) is 9.59 Å². The molecule has 0 amide bonds. The van der Waals surface area contributed by atoms with E-state index in [1.54, 1.807) is 6.92 Å². The van der Waals surface area contributed by atoms with Gasteiger partial charge in [-0.3, -0.25) is 4.79 Å². The predicted octanol–water partition coefficient (Wildman–Crippen LogP) is 2.10. The van der Waals surface area contributed by atoms with Crippen LogP contribution in [0.4, 0.5) is 0 Å². The van der Waals surface area contributed by atoms with Gasteiger partial charge in [0.15, 0.2) is 0 Å². The van der Waals surface area contributed by atoms with Crippen LogP contribution in [0.2, 0.25) is 0 Å². The Morgan fingerprint density at radius 3 is 2.72 bits per heavy atom. The van der Waals surface area contributed by atoms with E-state index in [2.05, 4.69) is 12.7 Å². The minimum Gasteiger partial charge on any atom is -0.461 e. The molecule has 3 rings (SSSR count). The molecule has 0 aromatic heterocycles. The van der Waals surface area contributed by atoms with E-state index in [0.717, 1.165) is 12.0 Å². The number of hydrogen-bond acceptors (Lipinski definition) is 7. The van der Waals surface area contributed by atoms with Crippen molar-refractivity contribution in [3.63, 3.8) is 0 Å². The van der Waals surface area contributed by atoms with Crippen molar-refractivity contribution >= 4 is 17.9 Å². The van der Waals surface area contributed by atoms with Crippen LogP contribution in [0.15, 0.2) is 35.5 Å². The highest BCUT2D eigenvalue weighted by Gasteiger charge is 2.55. The Morgan fingerprint density at radius 2 is 2.10 bits per heavy atom. The van der Waals surface area contributed by atoms with Gasteiger partial charge in [-0.15, -0.1) is 0 Å². The number of allylic oxidation sites excluding steroid dienone is 2. The molecule has 0 radical (unpaired) electrons. The molecule has 158 valence electrons. The van der Waals surface area contributed by atoms with Gasteiger partial charge in [0.05, 0.1) is 11.5 Å². The lowest BCUT2D eigenvalue weighted by atomic mass is 9.78. The number of aliphatic hydroxyl groups is 1. The maximum Gasteiger partial charge on any atom is 0.337 e. The molecular weight excluding hydrogens is 376 g/mol. The van der Waals surface area contributed by atoms with Crippen LogP contribution in [-0.4, -0.2) is 48.4 Å². The first-order valence-corrected chi connectivity index (χ1v) is 9.95. The van der Waals surface area contributed by atoms with Crippen LogP contribution in [0, 0.1) is 23.7 Å². The van der Waals surface area contributed by atoms with Crippen molar-refractivity contribution < 1.29 is 33.7 Å². The lowest BCUT2D eigenvalue weighted by Crippen LogP contribution is -2.36. The fourth-order valence-electron chi connectivity index (χ4n) is 4.87. The van der Waals surface area contributed by atoms with Gasteiger partial charge >= 0.3 is 17.9 Å². The van der Waals surface area contributed by atoms with Crippen LogP contribution in [-0.2, 0) is 28.6 Å². The fraction of sp³-hybridized carbons (Fsp3) is 0.591. The summed E-state index contributed by atoms with van der Waals surface area (Å²) in [6, 6.07) is 0. The van der Waals surface area contributed by atoms with Crippen LogP contribution in [0.3, 0.4) is 0 Å². The van der Waals surface area contributed by atoms with Crippen molar-refractivity contribution in [3.8, 4) is 0 Å². The van der Waals surface area contributed by atoms with E-state index >= 15 is 0 Å². The van der Waals surface area contributed by atoms with Gasteiger partial charge in [-0.2, -0.15) is 0 Å². The van der Waals surface area contributed by atoms with E-state index in [4.69, 9.17) is 14.2 Å². The molecule has 2 aliphatic carbocycles. The standard InChI is InChI=1S/C22H28O7/c1-5-14(10-27-13(4)24)22(26)28-17-8-15(9-23)16-7-6-11(2)18(16)20-19(17)12(3)21(25)29-20/h5-6,15-20,23H,3,7-10H2,1-2,4H3/b14-5+/t15-,16-,17+,18-,19+,20+/m0/s1. The average molecular weight is 404 g/mol. The third kappa shape index (κ3) is 4.01. The zero-order valence-corrected chi connectivity index (χ0v) is 17.1. The molecule has 1 saturated heterocycles. The zero-order valence-electron chi connectivity index (χ0n) is 17.1. The van der Waals surface area contributed by atoms with Crippen molar-refractivity contribution in [3.05, 3.63) is 35.5 Å². The number of carbonyl (C=O) groups is 3. The lowest BCUT2D eigenvalue weighted by molar-refractivity contribution is -0.150. The minimum atomic E-state index is -0.658. The summed E-state index contributed by atoms with van der Waals surface area (Å²) in [6.07, 6.45) is 3.75. The third-order valence-electron chi connectivity index (χ3n) is 6.39. The summed E-state index contributed by atoms with van der Waals surface area (Å²) in [6.45, 7) is 8.61. The van der Waals surface area contributed by atoms with Gasteiger partial charge in [0.2, 0.25) is 0 Å². The number of hydrogen-bond donors (Lipinski definition) is 1. The van der Waals surface area contributed by atoms with Crippen LogP contribution in [0.5, 0.6) is 0 Å². The summed E-state index contributed by atoms with van der Waals surface area (Å²) in [7, 11) is 0. The zero-order chi connectivity index (χ0) is 21.3. The highest BCUT2D eigenvalue weighted by molar-refractivity contribution is 5.92. The van der Waals surface area contributed by atoms with Crippen LogP contribution >= 0.6 is 0 Å². The number of ether oxygens (including phenoxy) is 3. The van der Waals surface area contributed by atoms with Gasteiger partial charge in [0.1, 0.15) is 18.8 Å². The van der Waals surface area contributed by atoms with Crippen molar-refractivity contribution in [1.82, 2.24) is 0 Å². The van der Waals surface area contributed by atoms with E-state index in [9.17, 15) is 19.5 Å². The Bertz CT molecular complexity index is 778. The van der Waals surface area contributed by atoms with E-state index in [1.807, 2.05) is 6.92 Å². The molecule has 0 bridgehead atoms. The summed E-state index contributed by atoms with van der Waals surface area (Å²) in [4.78, 5) is 36.1. The molecule has 7 heteroatoms. The molecule has 1 saturated carbocycles. The number of aliphatic hydroxyl groups excluding tert-OH is 1. The van der Waals surface area contributed by atoms with Crippen LogP contribution in [0.25, 0.3) is 0 Å². The summed E-state index contributed by atoms with van der Waals surface area (Å²) in [5.74, 6) is -2.03. The first-order valence-electron chi connectivity index (χ1n) is 9.95. The van der Waals surface area contributed by atoms with E-state index in [1.165, 1.54) is 13.0 Å². The normalized spacial score (nSPS) is 33.9. The first-order chi connectivity index (χ1) is 13.8. The Balaban J connectivity index is 1.87. The summed E-state index contributed by atoms with van der Waals surface area (Å²) in [5.41, 5.74) is 1.64. The minimum absolute atomic E-state index is 0.0220. The number of esters is 3. The maximum atomic E-state index is 12.7. The second-order valence-corrected chi connectivity index (χ2v) is 8.01. The molecule has 0 unspecified atom stereocenters. The summed E-state index contributed by atoms with van der Waals surface area (Å²) >= 11 is 0. The monoisotopic (exact) mass is 404 g/mol. The number of rotatable bonds is 5. The molecule has 0 spiro atoms. The van der Waals surface area contributed by atoms with Crippen LogP contribution in [0.1, 0.15) is 33.6 Å².